The van der Waals surface area contributed by atoms with E-state index >= 15 is 0 Å². The molecule has 0 spiro atoms. The zero-order chi connectivity index (χ0) is 18.3. The van der Waals surface area contributed by atoms with Crippen molar-refractivity contribution < 1.29 is 14.7 Å². The number of carboxylic acid groups (broad SMARTS) is 1. The van der Waals surface area contributed by atoms with E-state index in [1.54, 1.807) is 4.90 Å². The first-order valence-electron chi connectivity index (χ1n) is 8.85. The number of carbonyl (C=O) groups is 2. The van der Waals surface area contributed by atoms with Crippen LogP contribution >= 0.6 is 0 Å². The first-order chi connectivity index (χ1) is 12.5. The van der Waals surface area contributed by atoms with Gasteiger partial charge in [0.25, 0.3) is 0 Å². The van der Waals surface area contributed by atoms with E-state index in [2.05, 4.69) is 41.2 Å². The average Bonchev–Trinajstić information content (AvgIpc) is 3.30. The van der Waals surface area contributed by atoms with Crippen molar-refractivity contribution in [1.29, 1.82) is 0 Å². The standard InChI is InChI=1S/C19H22N4O3/c1-13-2-4-14(5-3-13)7-21-8-16-10-22(11-17(16)9-21)19(26)23-12-15(6-20-23)18(24)25/h2-6,12,16-17H,7-11H2,1H3,(H,24,25). The molecule has 7 heteroatoms. The Morgan fingerprint density at radius 2 is 1.77 bits per heavy atom. The van der Waals surface area contributed by atoms with Gasteiger partial charge < -0.3 is 10.0 Å². The molecule has 2 fully saturated rings. The SMILES string of the molecule is Cc1ccc(CN2CC3CN(C(=O)n4cc(C(=O)O)cn4)CC3C2)cc1. The summed E-state index contributed by atoms with van der Waals surface area (Å²) >= 11 is 0. The molecule has 3 heterocycles. The summed E-state index contributed by atoms with van der Waals surface area (Å²) in [4.78, 5) is 27.7. The Labute approximate surface area is 151 Å². The van der Waals surface area contributed by atoms with Crippen LogP contribution in [0.4, 0.5) is 4.79 Å². The summed E-state index contributed by atoms with van der Waals surface area (Å²) in [5.74, 6) is -0.133. The number of aryl methyl sites for hydroxylation is 1. The van der Waals surface area contributed by atoms with E-state index in [4.69, 9.17) is 5.11 Å². The lowest BCUT2D eigenvalue weighted by molar-refractivity contribution is 0.0697. The Morgan fingerprint density at radius 1 is 1.12 bits per heavy atom. The molecule has 26 heavy (non-hydrogen) atoms. The van der Waals surface area contributed by atoms with E-state index in [1.807, 2.05) is 0 Å². The molecular weight excluding hydrogens is 332 g/mol. The summed E-state index contributed by atoms with van der Waals surface area (Å²) in [5.41, 5.74) is 2.62. The molecule has 7 nitrogen and oxygen atoms in total. The fourth-order valence-corrected chi connectivity index (χ4v) is 4.01. The van der Waals surface area contributed by atoms with Gasteiger partial charge in [-0.2, -0.15) is 9.78 Å². The Kier molecular flexibility index (Phi) is 4.24. The number of nitrogens with zero attached hydrogens (tertiary/aromatic N) is 4. The highest BCUT2D eigenvalue weighted by Crippen LogP contribution is 2.32. The van der Waals surface area contributed by atoms with E-state index in [9.17, 15) is 9.59 Å². The van der Waals surface area contributed by atoms with Gasteiger partial charge in [-0.3, -0.25) is 4.90 Å². The lowest BCUT2D eigenvalue weighted by Gasteiger charge is -2.21. The van der Waals surface area contributed by atoms with Gasteiger partial charge in [0.1, 0.15) is 0 Å². The third kappa shape index (κ3) is 3.22. The third-order valence-corrected chi connectivity index (χ3v) is 5.38. The van der Waals surface area contributed by atoms with Crippen molar-refractivity contribution in [2.45, 2.75) is 13.5 Å². The molecule has 1 N–H and O–H groups in total. The van der Waals surface area contributed by atoms with Gasteiger partial charge >= 0.3 is 12.0 Å². The number of rotatable bonds is 3. The van der Waals surface area contributed by atoms with E-state index in [0.717, 1.165) is 24.3 Å². The van der Waals surface area contributed by atoms with Gasteiger partial charge in [0.05, 0.1) is 18.0 Å². The first kappa shape index (κ1) is 16.8. The van der Waals surface area contributed by atoms with Crippen LogP contribution in [0.5, 0.6) is 0 Å². The highest BCUT2D eigenvalue weighted by atomic mass is 16.4. The van der Waals surface area contributed by atoms with Crippen LogP contribution in [0.1, 0.15) is 21.5 Å². The first-order valence-corrected chi connectivity index (χ1v) is 8.85. The second kappa shape index (κ2) is 6.57. The minimum Gasteiger partial charge on any atom is -0.478 e. The fourth-order valence-electron chi connectivity index (χ4n) is 4.01. The Bertz CT molecular complexity index is 816. The number of likely N-dealkylation sites (tertiary alicyclic amines) is 2. The maximum atomic E-state index is 12.5. The molecular formula is C19H22N4O3. The number of hydrogen-bond donors (Lipinski definition) is 1. The van der Waals surface area contributed by atoms with Crippen LogP contribution in [0, 0.1) is 18.8 Å². The van der Waals surface area contributed by atoms with E-state index in [-0.39, 0.29) is 11.6 Å². The summed E-state index contributed by atoms with van der Waals surface area (Å²) in [6, 6.07) is 8.40. The number of aromatic carboxylic acids is 1. The number of hydrogen-bond acceptors (Lipinski definition) is 4. The zero-order valence-corrected chi connectivity index (χ0v) is 14.7. The van der Waals surface area contributed by atoms with Crippen molar-refractivity contribution in [3.05, 3.63) is 53.3 Å². The van der Waals surface area contributed by atoms with Gasteiger partial charge in [-0.1, -0.05) is 29.8 Å². The minimum absolute atomic E-state index is 0.0296. The molecule has 0 aliphatic carbocycles. The highest BCUT2D eigenvalue weighted by Gasteiger charge is 2.41. The molecule has 2 aromatic rings. The van der Waals surface area contributed by atoms with Gasteiger partial charge in [-0.25, -0.2) is 9.59 Å². The van der Waals surface area contributed by atoms with Crippen LogP contribution in [0.15, 0.2) is 36.7 Å². The predicted octanol–water partition coefficient (Wildman–Crippen LogP) is 1.92. The van der Waals surface area contributed by atoms with Crippen molar-refractivity contribution >= 4 is 12.0 Å². The van der Waals surface area contributed by atoms with Crippen LogP contribution in [0.25, 0.3) is 0 Å². The van der Waals surface area contributed by atoms with Gasteiger partial charge in [0, 0.05) is 32.7 Å². The monoisotopic (exact) mass is 354 g/mol. The number of amides is 1. The largest absolute Gasteiger partial charge is 0.478 e. The van der Waals surface area contributed by atoms with Crippen LogP contribution in [0.3, 0.4) is 0 Å². The van der Waals surface area contributed by atoms with Crippen molar-refractivity contribution in [3.8, 4) is 0 Å². The number of benzene rings is 1. The van der Waals surface area contributed by atoms with E-state index in [1.165, 1.54) is 23.5 Å². The fraction of sp³-hybridized carbons (Fsp3) is 0.421. The van der Waals surface area contributed by atoms with Crippen LogP contribution in [-0.2, 0) is 6.54 Å². The van der Waals surface area contributed by atoms with Crippen molar-refractivity contribution in [2.75, 3.05) is 26.2 Å². The minimum atomic E-state index is -1.07. The molecule has 1 amide bonds. The van der Waals surface area contributed by atoms with Crippen LogP contribution in [-0.4, -0.2) is 62.9 Å². The quantitative estimate of drug-likeness (QED) is 0.911. The number of fused-ring (bicyclic) bond motifs is 1. The van der Waals surface area contributed by atoms with Crippen LogP contribution < -0.4 is 0 Å². The van der Waals surface area contributed by atoms with Gasteiger partial charge in [0.15, 0.2) is 0 Å². The van der Waals surface area contributed by atoms with Crippen LogP contribution in [0.2, 0.25) is 0 Å². The Morgan fingerprint density at radius 3 is 2.35 bits per heavy atom. The van der Waals surface area contributed by atoms with Gasteiger partial charge in [-0.05, 0) is 24.3 Å². The number of carbonyl (C=O) groups excluding carboxylic acids is 1. The maximum absolute atomic E-state index is 12.5. The normalized spacial score (nSPS) is 22.6. The van der Waals surface area contributed by atoms with Crippen molar-refractivity contribution in [2.24, 2.45) is 11.8 Å². The Balaban J connectivity index is 1.34. The lowest BCUT2D eigenvalue weighted by atomic mass is 10.0. The third-order valence-electron chi connectivity index (χ3n) is 5.38. The van der Waals surface area contributed by atoms with Crippen molar-refractivity contribution in [1.82, 2.24) is 19.6 Å². The molecule has 136 valence electrons. The highest BCUT2D eigenvalue weighted by molar-refractivity contribution is 5.88. The molecule has 0 saturated carbocycles. The molecule has 2 unspecified atom stereocenters. The van der Waals surface area contributed by atoms with E-state index in [0.29, 0.717) is 24.9 Å². The van der Waals surface area contributed by atoms with Gasteiger partial charge in [-0.15, -0.1) is 0 Å². The summed E-state index contributed by atoms with van der Waals surface area (Å²) in [6.07, 6.45) is 2.49. The lowest BCUT2D eigenvalue weighted by Crippen LogP contribution is -2.36. The summed E-state index contributed by atoms with van der Waals surface area (Å²) < 4.78 is 1.13. The molecule has 2 aliphatic heterocycles. The molecule has 1 aromatic carbocycles. The number of aromatic nitrogens is 2. The van der Waals surface area contributed by atoms with Crippen molar-refractivity contribution in [3.63, 3.8) is 0 Å². The molecule has 2 atom stereocenters. The summed E-state index contributed by atoms with van der Waals surface area (Å²) in [6.45, 7) is 6.42. The molecule has 4 rings (SSSR count). The second-order valence-electron chi connectivity index (χ2n) is 7.37. The van der Waals surface area contributed by atoms with E-state index < -0.39 is 5.97 Å². The second-order valence-corrected chi connectivity index (χ2v) is 7.37. The average molecular weight is 354 g/mol. The Hall–Kier alpha value is -2.67. The zero-order valence-electron chi connectivity index (χ0n) is 14.7. The molecule has 1 aromatic heterocycles. The topological polar surface area (TPSA) is 78.7 Å². The molecule has 2 aliphatic rings. The summed E-state index contributed by atoms with van der Waals surface area (Å²) in [5, 5.41) is 12.8. The summed E-state index contributed by atoms with van der Waals surface area (Å²) in [7, 11) is 0. The molecule has 0 bridgehead atoms. The predicted molar refractivity (Wildman–Crippen MR) is 95.0 cm³/mol. The molecule has 0 radical (unpaired) electrons. The maximum Gasteiger partial charge on any atom is 0.344 e. The smallest absolute Gasteiger partial charge is 0.344 e. The molecule has 2 saturated heterocycles. The van der Waals surface area contributed by atoms with Gasteiger partial charge in [0.2, 0.25) is 0 Å². The number of carboxylic acids is 1.